The summed E-state index contributed by atoms with van der Waals surface area (Å²) in [5, 5.41) is 10.5. The summed E-state index contributed by atoms with van der Waals surface area (Å²) in [6, 6.07) is 32.0. The molecule has 6 heteroatoms. The van der Waals surface area contributed by atoms with Gasteiger partial charge in [0.15, 0.2) is 5.75 Å². The van der Waals surface area contributed by atoms with E-state index in [9.17, 15) is 4.57 Å². The van der Waals surface area contributed by atoms with Gasteiger partial charge in [-0.05, 0) is 61.0 Å². The standard InChI is InChI=1S/C25H20N3O2P/c1-19-16-17-25(24(18-19)28-26-22-14-8-9-15-23(22)27-28)30-31(29,20-10-4-2-5-11-20)21-12-6-3-7-13-21/h2-18H,1H3. The van der Waals surface area contributed by atoms with Crippen LogP contribution in [0.1, 0.15) is 5.56 Å². The maximum atomic E-state index is 14.4. The van der Waals surface area contributed by atoms with Gasteiger partial charge in [0.05, 0.1) is 10.6 Å². The molecule has 1 aromatic heterocycles. The summed E-state index contributed by atoms with van der Waals surface area (Å²) in [5.41, 5.74) is 3.23. The van der Waals surface area contributed by atoms with E-state index in [1.54, 1.807) is 4.80 Å². The number of rotatable bonds is 5. The molecule has 0 saturated heterocycles. The molecule has 0 atom stereocenters. The molecular weight excluding hydrogens is 405 g/mol. The van der Waals surface area contributed by atoms with Gasteiger partial charge in [-0.3, -0.25) is 4.57 Å². The molecule has 0 amide bonds. The lowest BCUT2D eigenvalue weighted by molar-refractivity contribution is 0.499. The van der Waals surface area contributed by atoms with Gasteiger partial charge in [0, 0.05) is 0 Å². The summed E-state index contributed by atoms with van der Waals surface area (Å²) in [4.78, 5) is 1.55. The van der Waals surface area contributed by atoms with Gasteiger partial charge in [0.1, 0.15) is 16.7 Å². The molecule has 5 rings (SSSR count). The number of hydrogen-bond donors (Lipinski definition) is 0. The fraction of sp³-hybridized carbons (Fsp3) is 0.0400. The fourth-order valence-electron chi connectivity index (χ4n) is 3.47. The van der Waals surface area contributed by atoms with Gasteiger partial charge in [-0.15, -0.1) is 15.0 Å². The first-order valence-electron chi connectivity index (χ1n) is 9.97. The Morgan fingerprint density at radius 2 is 1.23 bits per heavy atom. The Bertz CT molecular complexity index is 1320. The number of aryl methyl sites for hydroxylation is 1. The van der Waals surface area contributed by atoms with E-state index in [1.165, 1.54) is 0 Å². The highest BCUT2D eigenvalue weighted by molar-refractivity contribution is 7.74. The maximum absolute atomic E-state index is 14.4. The van der Waals surface area contributed by atoms with Crippen LogP contribution < -0.4 is 15.1 Å². The number of fused-ring (bicyclic) bond motifs is 1. The zero-order chi connectivity index (χ0) is 21.3. The Morgan fingerprint density at radius 1 is 0.710 bits per heavy atom. The summed E-state index contributed by atoms with van der Waals surface area (Å²) in [7, 11) is -3.41. The molecule has 0 saturated carbocycles. The summed E-state index contributed by atoms with van der Waals surface area (Å²) >= 11 is 0. The van der Waals surface area contributed by atoms with Gasteiger partial charge >= 0.3 is 7.37 Å². The normalized spacial score (nSPS) is 11.5. The number of hydrogen-bond acceptors (Lipinski definition) is 4. The molecule has 31 heavy (non-hydrogen) atoms. The molecule has 0 bridgehead atoms. The van der Waals surface area contributed by atoms with Crippen LogP contribution in [0.5, 0.6) is 5.75 Å². The smallest absolute Gasteiger partial charge is 0.306 e. The second-order valence-corrected chi connectivity index (χ2v) is 9.58. The molecule has 0 aliphatic carbocycles. The molecule has 0 spiro atoms. The lowest BCUT2D eigenvalue weighted by atomic mass is 10.2. The van der Waals surface area contributed by atoms with E-state index in [0.29, 0.717) is 22.0 Å². The highest BCUT2D eigenvalue weighted by Gasteiger charge is 2.31. The zero-order valence-electron chi connectivity index (χ0n) is 16.9. The Morgan fingerprint density at radius 3 is 1.77 bits per heavy atom. The molecule has 0 aliphatic rings. The Kier molecular flexibility index (Phi) is 4.89. The number of aromatic nitrogens is 3. The highest BCUT2D eigenvalue weighted by atomic mass is 31.2. The summed E-state index contributed by atoms with van der Waals surface area (Å²) < 4.78 is 20.7. The molecule has 0 radical (unpaired) electrons. The van der Waals surface area contributed by atoms with Gasteiger partial charge in [0.2, 0.25) is 0 Å². The maximum Gasteiger partial charge on any atom is 0.306 e. The molecule has 0 fully saturated rings. The molecule has 0 aliphatic heterocycles. The molecule has 4 aromatic carbocycles. The van der Waals surface area contributed by atoms with Crippen molar-refractivity contribution < 1.29 is 9.09 Å². The van der Waals surface area contributed by atoms with E-state index >= 15 is 0 Å². The number of nitrogens with zero attached hydrogens (tertiary/aromatic N) is 3. The molecular formula is C25H20N3O2P. The summed E-state index contributed by atoms with van der Waals surface area (Å²) in [6.45, 7) is 1.99. The lowest BCUT2D eigenvalue weighted by Crippen LogP contribution is -2.20. The van der Waals surface area contributed by atoms with E-state index in [0.717, 1.165) is 16.6 Å². The molecule has 1 heterocycles. The van der Waals surface area contributed by atoms with E-state index in [2.05, 4.69) is 10.2 Å². The zero-order valence-corrected chi connectivity index (χ0v) is 17.8. The van der Waals surface area contributed by atoms with Crippen molar-refractivity contribution in [1.82, 2.24) is 15.0 Å². The van der Waals surface area contributed by atoms with Crippen LogP contribution in [0.4, 0.5) is 0 Å². The fourth-order valence-corrected chi connectivity index (χ4v) is 5.54. The van der Waals surface area contributed by atoms with Crippen LogP contribution in [0.25, 0.3) is 16.7 Å². The Labute approximate surface area is 180 Å². The van der Waals surface area contributed by atoms with Gasteiger partial charge in [-0.2, -0.15) is 0 Å². The third kappa shape index (κ3) is 3.65. The molecule has 0 unspecified atom stereocenters. The minimum atomic E-state index is -3.41. The Balaban J connectivity index is 1.67. The van der Waals surface area contributed by atoms with Crippen molar-refractivity contribution in [1.29, 1.82) is 0 Å². The van der Waals surface area contributed by atoms with Crippen LogP contribution in [0.3, 0.4) is 0 Å². The highest BCUT2D eigenvalue weighted by Crippen LogP contribution is 2.46. The van der Waals surface area contributed by atoms with Crippen molar-refractivity contribution in [3.63, 3.8) is 0 Å². The second kappa shape index (κ2) is 7.86. The van der Waals surface area contributed by atoms with Crippen LogP contribution in [0.2, 0.25) is 0 Å². The summed E-state index contributed by atoms with van der Waals surface area (Å²) in [6.07, 6.45) is 0. The van der Waals surface area contributed by atoms with Gasteiger partial charge < -0.3 is 4.52 Å². The van der Waals surface area contributed by atoms with Crippen LogP contribution in [-0.2, 0) is 4.57 Å². The van der Waals surface area contributed by atoms with Crippen LogP contribution in [-0.4, -0.2) is 15.0 Å². The first-order valence-corrected chi connectivity index (χ1v) is 11.6. The van der Waals surface area contributed by atoms with Crippen molar-refractivity contribution in [3.05, 3.63) is 109 Å². The van der Waals surface area contributed by atoms with Gasteiger partial charge in [0.25, 0.3) is 0 Å². The van der Waals surface area contributed by atoms with Crippen molar-refractivity contribution in [2.24, 2.45) is 0 Å². The van der Waals surface area contributed by atoms with Crippen molar-refractivity contribution in [2.75, 3.05) is 0 Å². The monoisotopic (exact) mass is 425 g/mol. The van der Waals surface area contributed by atoms with E-state index in [-0.39, 0.29) is 0 Å². The van der Waals surface area contributed by atoms with E-state index in [4.69, 9.17) is 4.52 Å². The average Bonchev–Trinajstić information content (AvgIpc) is 3.25. The molecule has 5 nitrogen and oxygen atoms in total. The van der Waals surface area contributed by atoms with Crippen LogP contribution in [0, 0.1) is 6.92 Å². The minimum absolute atomic E-state index is 0.460. The Hall–Kier alpha value is -3.69. The van der Waals surface area contributed by atoms with E-state index < -0.39 is 7.37 Å². The van der Waals surface area contributed by atoms with Crippen LogP contribution in [0.15, 0.2) is 103 Å². The number of benzene rings is 4. The molecule has 152 valence electrons. The third-order valence-electron chi connectivity index (χ3n) is 5.04. The average molecular weight is 425 g/mol. The SMILES string of the molecule is Cc1ccc(OP(=O)(c2ccccc2)c2ccccc2)c(-n2nc3ccccc3n2)c1. The predicted molar refractivity (Wildman–Crippen MR) is 124 cm³/mol. The lowest BCUT2D eigenvalue weighted by Gasteiger charge is -2.22. The van der Waals surface area contributed by atoms with Gasteiger partial charge in [-0.25, -0.2) is 0 Å². The van der Waals surface area contributed by atoms with E-state index in [1.807, 2.05) is 110 Å². The van der Waals surface area contributed by atoms with Crippen molar-refractivity contribution in [3.8, 4) is 11.4 Å². The molecule has 0 N–H and O–H groups in total. The third-order valence-corrected chi connectivity index (χ3v) is 7.45. The summed E-state index contributed by atoms with van der Waals surface area (Å²) in [5.74, 6) is 0.460. The van der Waals surface area contributed by atoms with Crippen LogP contribution >= 0.6 is 7.37 Å². The van der Waals surface area contributed by atoms with Crippen molar-refractivity contribution in [2.45, 2.75) is 6.92 Å². The quantitative estimate of drug-likeness (QED) is 0.370. The predicted octanol–water partition coefficient (Wildman–Crippen LogP) is 5.04. The minimum Gasteiger partial charge on any atom is -0.434 e. The largest absolute Gasteiger partial charge is 0.434 e. The van der Waals surface area contributed by atoms with Crippen molar-refractivity contribution >= 4 is 29.0 Å². The van der Waals surface area contributed by atoms with Gasteiger partial charge in [-0.1, -0.05) is 54.6 Å². The first-order chi connectivity index (χ1) is 15.1. The second-order valence-electron chi connectivity index (χ2n) is 7.26. The topological polar surface area (TPSA) is 57.0 Å². The first kappa shape index (κ1) is 19.3. The molecule has 5 aromatic rings.